The molecule has 1 aromatic rings. The van der Waals surface area contributed by atoms with Crippen molar-refractivity contribution in [1.29, 1.82) is 0 Å². The fourth-order valence-corrected chi connectivity index (χ4v) is 2.68. The smallest absolute Gasteiger partial charge is 0.225 e. The van der Waals surface area contributed by atoms with Gasteiger partial charge in [-0.05, 0) is 50.1 Å². The molecule has 5 nitrogen and oxygen atoms in total. The molecule has 1 aliphatic heterocycles. The lowest BCUT2D eigenvalue weighted by molar-refractivity contribution is -0.116. The van der Waals surface area contributed by atoms with Crippen LogP contribution in [0.3, 0.4) is 0 Å². The Kier molecular flexibility index (Phi) is 4.98. The third-order valence-corrected chi connectivity index (χ3v) is 3.86. The molecule has 5 heteroatoms. The fourth-order valence-electron chi connectivity index (χ4n) is 2.68. The predicted octanol–water partition coefficient (Wildman–Crippen LogP) is 1.36. The van der Waals surface area contributed by atoms with Gasteiger partial charge >= 0.3 is 0 Å². The first kappa shape index (κ1) is 14.8. The summed E-state index contributed by atoms with van der Waals surface area (Å²) in [5.41, 5.74) is 8.16. The van der Waals surface area contributed by atoms with Crippen molar-refractivity contribution in [3.05, 3.63) is 23.8 Å². The second-order valence-electron chi connectivity index (χ2n) is 5.39. The van der Waals surface area contributed by atoms with Crippen molar-refractivity contribution in [2.24, 2.45) is 0 Å². The van der Waals surface area contributed by atoms with E-state index in [1.807, 2.05) is 19.1 Å². The molecule has 0 aliphatic carbocycles. The second kappa shape index (κ2) is 6.72. The summed E-state index contributed by atoms with van der Waals surface area (Å²) in [6.07, 6.45) is 2.57. The number of carbonyl (C=O) groups excluding carboxylic acids is 1. The number of aryl methyl sites for hydroxylation is 1. The molecule has 20 heavy (non-hydrogen) atoms. The number of hydrogen-bond donors (Lipinski definition) is 3. The van der Waals surface area contributed by atoms with Gasteiger partial charge in [-0.3, -0.25) is 9.69 Å². The molecule has 1 atom stereocenters. The SMILES string of the molecule is Cc1cc(N)ccc1NC(=O)CCN1CCCC1CO. The van der Waals surface area contributed by atoms with Crippen LogP contribution < -0.4 is 11.1 Å². The molecule has 1 heterocycles. The number of aliphatic hydroxyl groups is 1. The summed E-state index contributed by atoms with van der Waals surface area (Å²) in [6, 6.07) is 5.68. The minimum Gasteiger partial charge on any atom is -0.399 e. The van der Waals surface area contributed by atoms with Gasteiger partial charge in [-0.1, -0.05) is 0 Å². The van der Waals surface area contributed by atoms with Gasteiger partial charge in [0.1, 0.15) is 0 Å². The summed E-state index contributed by atoms with van der Waals surface area (Å²) >= 11 is 0. The van der Waals surface area contributed by atoms with Crippen LogP contribution in [0, 0.1) is 6.92 Å². The molecule has 0 spiro atoms. The van der Waals surface area contributed by atoms with Crippen LogP contribution in [-0.4, -0.2) is 41.7 Å². The zero-order chi connectivity index (χ0) is 14.5. The first-order valence-corrected chi connectivity index (χ1v) is 7.11. The minimum absolute atomic E-state index is 0.00135. The molecule has 110 valence electrons. The molecule has 1 aliphatic rings. The Balaban J connectivity index is 1.83. The molecule has 0 saturated carbocycles. The van der Waals surface area contributed by atoms with Gasteiger partial charge in [0, 0.05) is 30.4 Å². The van der Waals surface area contributed by atoms with Gasteiger partial charge in [0.2, 0.25) is 5.91 Å². The van der Waals surface area contributed by atoms with Crippen LogP contribution in [0.1, 0.15) is 24.8 Å². The third kappa shape index (κ3) is 3.71. The van der Waals surface area contributed by atoms with Crippen molar-refractivity contribution in [1.82, 2.24) is 4.90 Å². The Morgan fingerprint density at radius 3 is 3.05 bits per heavy atom. The van der Waals surface area contributed by atoms with Gasteiger partial charge in [0.05, 0.1) is 6.61 Å². The van der Waals surface area contributed by atoms with E-state index in [0.717, 1.165) is 30.6 Å². The van der Waals surface area contributed by atoms with Gasteiger partial charge in [0.15, 0.2) is 0 Å². The molecular weight excluding hydrogens is 254 g/mol. The number of rotatable bonds is 5. The van der Waals surface area contributed by atoms with Crippen LogP contribution in [0.4, 0.5) is 11.4 Å². The highest BCUT2D eigenvalue weighted by Crippen LogP contribution is 2.19. The first-order chi connectivity index (χ1) is 9.60. The molecule has 1 fully saturated rings. The number of anilines is 2. The van der Waals surface area contributed by atoms with Crippen molar-refractivity contribution < 1.29 is 9.90 Å². The lowest BCUT2D eigenvalue weighted by atomic mass is 10.1. The Hall–Kier alpha value is -1.59. The molecule has 2 rings (SSSR count). The maximum absolute atomic E-state index is 12.0. The van der Waals surface area contributed by atoms with Crippen molar-refractivity contribution in [2.75, 3.05) is 30.7 Å². The zero-order valence-electron chi connectivity index (χ0n) is 11.9. The van der Waals surface area contributed by atoms with Crippen LogP contribution >= 0.6 is 0 Å². The van der Waals surface area contributed by atoms with Gasteiger partial charge in [0.25, 0.3) is 0 Å². The zero-order valence-corrected chi connectivity index (χ0v) is 11.9. The van der Waals surface area contributed by atoms with Gasteiger partial charge < -0.3 is 16.2 Å². The highest BCUT2D eigenvalue weighted by Gasteiger charge is 2.23. The molecule has 1 unspecified atom stereocenters. The number of nitrogens with zero attached hydrogens (tertiary/aromatic N) is 1. The maximum Gasteiger partial charge on any atom is 0.225 e. The molecule has 0 aromatic heterocycles. The topological polar surface area (TPSA) is 78.6 Å². The van der Waals surface area contributed by atoms with E-state index in [1.165, 1.54) is 0 Å². The van der Waals surface area contributed by atoms with E-state index >= 15 is 0 Å². The van der Waals surface area contributed by atoms with Crippen LogP contribution in [0.2, 0.25) is 0 Å². The number of nitrogen functional groups attached to an aromatic ring is 1. The van der Waals surface area contributed by atoms with E-state index in [-0.39, 0.29) is 18.6 Å². The number of benzene rings is 1. The molecule has 0 radical (unpaired) electrons. The Morgan fingerprint density at radius 1 is 1.55 bits per heavy atom. The Labute approximate surface area is 119 Å². The summed E-state index contributed by atoms with van der Waals surface area (Å²) in [5, 5.41) is 12.2. The molecular formula is C15H23N3O2. The predicted molar refractivity (Wildman–Crippen MR) is 80.5 cm³/mol. The first-order valence-electron chi connectivity index (χ1n) is 7.11. The van der Waals surface area contributed by atoms with E-state index in [1.54, 1.807) is 6.07 Å². The number of likely N-dealkylation sites (tertiary alicyclic amines) is 1. The minimum atomic E-state index is 0.00135. The molecule has 4 N–H and O–H groups in total. The number of carbonyl (C=O) groups is 1. The third-order valence-electron chi connectivity index (χ3n) is 3.86. The normalized spacial score (nSPS) is 19.2. The summed E-state index contributed by atoms with van der Waals surface area (Å²) in [6.45, 7) is 3.78. The summed E-state index contributed by atoms with van der Waals surface area (Å²) in [4.78, 5) is 14.2. The van der Waals surface area contributed by atoms with Gasteiger partial charge in [-0.15, -0.1) is 0 Å². The van der Waals surface area contributed by atoms with E-state index in [2.05, 4.69) is 10.2 Å². The maximum atomic E-state index is 12.0. The van der Waals surface area contributed by atoms with Crippen LogP contribution in [-0.2, 0) is 4.79 Å². The quantitative estimate of drug-likeness (QED) is 0.710. The van der Waals surface area contributed by atoms with Crippen molar-refractivity contribution in [3.8, 4) is 0 Å². The number of aliphatic hydroxyl groups excluding tert-OH is 1. The monoisotopic (exact) mass is 277 g/mol. The summed E-state index contributed by atoms with van der Waals surface area (Å²) < 4.78 is 0. The summed E-state index contributed by atoms with van der Waals surface area (Å²) in [5.74, 6) is 0.00135. The Bertz CT molecular complexity index is 476. The van der Waals surface area contributed by atoms with E-state index in [9.17, 15) is 9.90 Å². The van der Waals surface area contributed by atoms with Crippen molar-refractivity contribution in [3.63, 3.8) is 0 Å². The fraction of sp³-hybridized carbons (Fsp3) is 0.533. The van der Waals surface area contributed by atoms with Crippen molar-refractivity contribution >= 4 is 17.3 Å². The molecule has 1 saturated heterocycles. The number of nitrogens with one attached hydrogen (secondary N) is 1. The summed E-state index contributed by atoms with van der Waals surface area (Å²) in [7, 11) is 0. The van der Waals surface area contributed by atoms with E-state index in [0.29, 0.717) is 18.7 Å². The van der Waals surface area contributed by atoms with E-state index in [4.69, 9.17) is 5.73 Å². The number of hydrogen-bond acceptors (Lipinski definition) is 4. The molecule has 1 aromatic carbocycles. The van der Waals surface area contributed by atoms with Crippen LogP contribution in [0.25, 0.3) is 0 Å². The number of amides is 1. The van der Waals surface area contributed by atoms with E-state index < -0.39 is 0 Å². The highest BCUT2D eigenvalue weighted by atomic mass is 16.3. The van der Waals surface area contributed by atoms with Crippen molar-refractivity contribution in [2.45, 2.75) is 32.2 Å². The standard InChI is InChI=1S/C15H23N3O2/c1-11-9-12(16)4-5-14(11)17-15(20)6-8-18-7-2-3-13(18)10-19/h4-5,9,13,19H,2-3,6-8,10,16H2,1H3,(H,17,20). The largest absolute Gasteiger partial charge is 0.399 e. The van der Waals surface area contributed by atoms with Gasteiger partial charge in [-0.25, -0.2) is 0 Å². The second-order valence-corrected chi connectivity index (χ2v) is 5.39. The molecule has 1 amide bonds. The molecule has 0 bridgehead atoms. The van der Waals surface area contributed by atoms with Crippen LogP contribution in [0.5, 0.6) is 0 Å². The highest BCUT2D eigenvalue weighted by molar-refractivity contribution is 5.91. The Morgan fingerprint density at radius 2 is 2.35 bits per heavy atom. The van der Waals surface area contributed by atoms with Gasteiger partial charge in [-0.2, -0.15) is 0 Å². The van der Waals surface area contributed by atoms with Crippen LogP contribution in [0.15, 0.2) is 18.2 Å². The average molecular weight is 277 g/mol. The lowest BCUT2D eigenvalue weighted by Gasteiger charge is -2.22. The number of nitrogens with two attached hydrogens (primary N) is 1. The lowest BCUT2D eigenvalue weighted by Crippen LogP contribution is -2.34. The average Bonchev–Trinajstić information content (AvgIpc) is 2.87.